The topological polar surface area (TPSA) is 336 Å². The number of carbonyl (C=O) groups is 8. The number of fused-ring (bicyclic) bond motifs is 1. The third kappa shape index (κ3) is 16.1. The van der Waals surface area contributed by atoms with Gasteiger partial charge in [0.25, 0.3) is 0 Å². The molecular formula is C44H59N8O14P. The van der Waals surface area contributed by atoms with Crippen molar-refractivity contribution in [3.63, 3.8) is 0 Å². The fourth-order valence-electron chi connectivity index (χ4n) is 7.51. The number of hydrogen-bond donors (Lipinski definition) is 10. The molecule has 0 spiro atoms. The fourth-order valence-corrected chi connectivity index (χ4v) is 8.07. The first kappa shape index (κ1) is 53.2. The van der Waals surface area contributed by atoms with Crippen LogP contribution in [-0.4, -0.2) is 147 Å². The molecule has 0 unspecified atom stereocenters. The molecular weight excluding hydrogens is 896 g/mol. The number of carboxylic acids is 1. The van der Waals surface area contributed by atoms with Crippen LogP contribution in [0.2, 0.25) is 0 Å². The number of phenolic OH excluding ortho intramolecular Hbond substituents is 1. The number of phosphoric ester groups is 1. The van der Waals surface area contributed by atoms with Gasteiger partial charge in [0.1, 0.15) is 36.0 Å². The highest BCUT2D eigenvalue weighted by atomic mass is 31.2. The summed E-state index contributed by atoms with van der Waals surface area (Å²) < 4.78 is 16.8. The number of piperidine rings is 1. The second-order valence-corrected chi connectivity index (χ2v) is 17.6. The molecule has 1 fully saturated rings. The van der Waals surface area contributed by atoms with Crippen molar-refractivity contribution in [2.75, 3.05) is 27.2 Å². The highest BCUT2D eigenvalue weighted by molar-refractivity contribution is 7.46. The average Bonchev–Trinajstić information content (AvgIpc) is 3.27. The first-order valence-electron chi connectivity index (χ1n) is 21.5. The minimum absolute atomic E-state index is 0.0547. The van der Waals surface area contributed by atoms with Crippen LogP contribution in [0.15, 0.2) is 66.7 Å². The van der Waals surface area contributed by atoms with Gasteiger partial charge in [-0.25, -0.2) is 9.36 Å². The number of nitrogens with one attached hydrogen (secondary N) is 5. The molecule has 364 valence electrons. The van der Waals surface area contributed by atoms with E-state index in [4.69, 9.17) is 10.3 Å². The van der Waals surface area contributed by atoms with Crippen LogP contribution in [0.5, 0.6) is 5.75 Å². The molecule has 0 aromatic heterocycles. The van der Waals surface area contributed by atoms with E-state index >= 15 is 0 Å². The minimum Gasteiger partial charge on any atom is -0.508 e. The largest absolute Gasteiger partial charge is 0.508 e. The van der Waals surface area contributed by atoms with Crippen molar-refractivity contribution in [2.45, 2.75) is 101 Å². The number of carbonyl (C=O) groups excluding carboxylic acids is 7. The van der Waals surface area contributed by atoms with Crippen LogP contribution in [0.3, 0.4) is 0 Å². The van der Waals surface area contributed by atoms with Crippen molar-refractivity contribution in [2.24, 2.45) is 5.73 Å². The molecule has 0 saturated carbocycles. The quantitative estimate of drug-likeness (QED) is 0.0539. The number of hydrogen-bond acceptors (Lipinski definition) is 12. The van der Waals surface area contributed by atoms with Crippen LogP contribution in [0.1, 0.15) is 57.1 Å². The lowest BCUT2D eigenvalue weighted by molar-refractivity contribution is -0.148. The van der Waals surface area contributed by atoms with Crippen molar-refractivity contribution >= 4 is 65.9 Å². The molecule has 1 saturated heterocycles. The van der Waals surface area contributed by atoms with E-state index in [2.05, 4.69) is 26.6 Å². The third-order valence-electron chi connectivity index (χ3n) is 11.2. The molecule has 23 heteroatoms. The van der Waals surface area contributed by atoms with Crippen LogP contribution < -0.4 is 32.3 Å². The van der Waals surface area contributed by atoms with E-state index in [1.807, 2.05) is 30.3 Å². The number of likely N-dealkylation sites (N-methyl/N-ethyl adjacent to an activating group) is 2. The highest BCUT2D eigenvalue weighted by Crippen LogP contribution is 2.38. The molecule has 0 aliphatic carbocycles. The maximum absolute atomic E-state index is 14.5. The number of primary amides is 1. The molecule has 22 nitrogen and oxygen atoms in total. The Hall–Kier alpha value is -6.45. The summed E-state index contributed by atoms with van der Waals surface area (Å²) in [7, 11) is -2.35. The number of aliphatic carboxylic acids is 1. The second kappa shape index (κ2) is 24.4. The van der Waals surface area contributed by atoms with Crippen LogP contribution in [-0.2, 0) is 60.3 Å². The van der Waals surface area contributed by atoms with E-state index in [9.17, 15) is 62.9 Å². The van der Waals surface area contributed by atoms with Gasteiger partial charge in [-0.3, -0.25) is 38.1 Å². The molecule has 1 aliphatic heterocycles. The number of benzene rings is 3. The lowest BCUT2D eigenvalue weighted by atomic mass is 9.97. The standard InChI is InChI=1S/C44H59N8O14P/c1-25(46-3)42(59)51(4)24-37(55)50-38(26(2)66-67(63,64)65)43(60)52-20-8-7-11-35(52)41(58)49-34(23-28-12-15-29-9-5-6-10-30(29)21-28)40(57)48-33(22-27-13-16-31(53)17-14-27)39(56)47-32(44(61)62)18-19-36(45)54/h5-6,9-10,12-17,21,25-26,32-35,38,46,53H,7-8,11,18-20,22-24H2,1-4H3,(H2,45,54)(H,47,56)(H,48,57)(H,49,58)(H,50,55)(H,61,62)(H2,63,64,65)/t25-,26-,32+,33+,34+,35+,38-/m1/s1. The number of carboxylic acid groups (broad SMARTS) is 1. The summed E-state index contributed by atoms with van der Waals surface area (Å²) in [5, 5.41) is 34.3. The van der Waals surface area contributed by atoms with Gasteiger partial charge in [0, 0.05) is 32.9 Å². The monoisotopic (exact) mass is 954 g/mol. The van der Waals surface area contributed by atoms with Crippen LogP contribution in [0.4, 0.5) is 0 Å². The number of likely N-dealkylation sites (tertiary alicyclic amines) is 1. The van der Waals surface area contributed by atoms with E-state index in [1.165, 1.54) is 31.3 Å². The Kier molecular flexibility index (Phi) is 19.3. The summed E-state index contributed by atoms with van der Waals surface area (Å²) in [5.74, 6) is -7.32. The smallest absolute Gasteiger partial charge is 0.469 e. The highest BCUT2D eigenvalue weighted by Gasteiger charge is 2.41. The number of phosphoric acid groups is 1. The Balaban J connectivity index is 1.68. The zero-order valence-corrected chi connectivity index (χ0v) is 38.4. The SMILES string of the molecule is CN[C@H](C)C(=O)N(C)CC(=O)N[C@@H](C(=O)N1CCCC[C@H]1C(=O)N[C@@H](Cc1ccc2ccccc2c1)C(=O)N[C@@H](Cc1ccc(O)cc1)C(=O)N[C@@H](CCC(N)=O)C(=O)O)[C@@H](C)OP(=O)(O)O. The minimum atomic E-state index is -5.24. The Morgan fingerprint density at radius 1 is 0.836 bits per heavy atom. The number of amides is 7. The third-order valence-corrected chi connectivity index (χ3v) is 11.8. The summed E-state index contributed by atoms with van der Waals surface area (Å²) >= 11 is 0. The Morgan fingerprint density at radius 3 is 2.04 bits per heavy atom. The summed E-state index contributed by atoms with van der Waals surface area (Å²) in [6, 6.07) is 10.2. The zero-order chi connectivity index (χ0) is 49.6. The molecule has 1 heterocycles. The van der Waals surface area contributed by atoms with Crippen LogP contribution in [0, 0.1) is 0 Å². The Bertz CT molecular complexity index is 2330. The number of nitrogens with zero attached hydrogens (tertiary/aromatic N) is 2. The van der Waals surface area contributed by atoms with Gasteiger partial charge in [-0.05, 0) is 80.6 Å². The summed E-state index contributed by atoms with van der Waals surface area (Å²) in [6.07, 6.45) is -1.88. The van der Waals surface area contributed by atoms with E-state index in [1.54, 1.807) is 26.1 Å². The number of phenols is 1. The molecule has 3 aromatic carbocycles. The van der Waals surface area contributed by atoms with Crippen LogP contribution >= 0.6 is 7.82 Å². The Morgan fingerprint density at radius 2 is 1.43 bits per heavy atom. The summed E-state index contributed by atoms with van der Waals surface area (Å²) in [6.45, 7) is 2.10. The molecule has 67 heavy (non-hydrogen) atoms. The summed E-state index contributed by atoms with van der Waals surface area (Å²) in [4.78, 5) is 128. The van der Waals surface area contributed by atoms with Crippen molar-refractivity contribution in [1.82, 2.24) is 36.4 Å². The Labute approximate surface area is 386 Å². The zero-order valence-electron chi connectivity index (χ0n) is 37.5. The first-order valence-corrected chi connectivity index (χ1v) is 23.0. The van der Waals surface area contributed by atoms with E-state index in [-0.39, 0.29) is 44.4 Å². The normalized spacial score (nSPS) is 16.6. The lowest BCUT2D eigenvalue weighted by Gasteiger charge is -2.38. The predicted octanol–water partition coefficient (Wildman–Crippen LogP) is -0.435. The predicted molar refractivity (Wildman–Crippen MR) is 241 cm³/mol. The van der Waals surface area contributed by atoms with Crippen LogP contribution in [0.25, 0.3) is 10.8 Å². The number of aromatic hydroxyl groups is 1. The van der Waals surface area contributed by atoms with Crippen molar-refractivity contribution < 1.29 is 67.4 Å². The van der Waals surface area contributed by atoms with Gasteiger partial charge >= 0.3 is 13.8 Å². The van der Waals surface area contributed by atoms with E-state index < -0.39 is 104 Å². The number of nitrogens with two attached hydrogens (primary N) is 1. The van der Waals surface area contributed by atoms with Gasteiger partial charge < -0.3 is 62.1 Å². The van der Waals surface area contributed by atoms with E-state index in [0.29, 0.717) is 24.0 Å². The molecule has 4 rings (SSSR count). The molecule has 11 N–H and O–H groups in total. The maximum Gasteiger partial charge on any atom is 0.469 e. The molecule has 1 aliphatic rings. The van der Waals surface area contributed by atoms with Crippen molar-refractivity contribution in [3.05, 3.63) is 77.9 Å². The first-order chi connectivity index (χ1) is 31.6. The van der Waals surface area contributed by atoms with Gasteiger partial charge in [-0.15, -0.1) is 0 Å². The summed E-state index contributed by atoms with van der Waals surface area (Å²) in [5.41, 5.74) is 6.24. The second-order valence-electron chi connectivity index (χ2n) is 16.4. The van der Waals surface area contributed by atoms with Gasteiger partial charge in [-0.1, -0.05) is 54.6 Å². The fraction of sp³-hybridized carbons (Fsp3) is 0.455. The van der Waals surface area contributed by atoms with Crippen molar-refractivity contribution in [3.8, 4) is 5.75 Å². The van der Waals surface area contributed by atoms with Gasteiger partial charge in [0.05, 0.1) is 18.7 Å². The number of rotatable bonds is 23. The maximum atomic E-state index is 14.5. The molecule has 7 atom stereocenters. The lowest BCUT2D eigenvalue weighted by Crippen LogP contribution is -2.62. The van der Waals surface area contributed by atoms with Gasteiger partial charge in [0.2, 0.25) is 41.4 Å². The van der Waals surface area contributed by atoms with Gasteiger partial charge in [0.15, 0.2) is 0 Å². The van der Waals surface area contributed by atoms with Gasteiger partial charge in [-0.2, -0.15) is 0 Å². The van der Waals surface area contributed by atoms with Crippen molar-refractivity contribution in [1.29, 1.82) is 0 Å². The average molecular weight is 955 g/mol. The molecule has 7 amide bonds. The van der Waals surface area contributed by atoms with E-state index in [0.717, 1.165) is 27.5 Å². The molecule has 0 bridgehead atoms. The molecule has 3 aromatic rings. The molecule has 0 radical (unpaired) electrons.